The number of carbonyl (C=O) groups excluding carboxylic acids is 1. The molecule has 6 nitrogen and oxygen atoms in total. The van der Waals surface area contributed by atoms with Gasteiger partial charge in [-0.2, -0.15) is 0 Å². The molecule has 140 valence electrons. The highest BCUT2D eigenvalue weighted by atomic mass is 16.3. The molecule has 1 aliphatic rings. The maximum atomic E-state index is 12.3. The van der Waals surface area contributed by atoms with Crippen LogP contribution in [-0.2, 0) is 4.79 Å². The molecule has 0 saturated carbocycles. The lowest BCUT2D eigenvalue weighted by atomic mass is 9.94. The first-order valence-corrected chi connectivity index (χ1v) is 9.30. The molecular weight excluding hydrogens is 328 g/mol. The van der Waals surface area contributed by atoms with Gasteiger partial charge in [-0.05, 0) is 36.8 Å². The maximum absolute atomic E-state index is 12.3. The minimum atomic E-state index is -0.966. The average Bonchev–Trinajstić information content (AvgIpc) is 2.61. The number of aliphatic hydroxyl groups excluding tert-OH is 1. The van der Waals surface area contributed by atoms with E-state index in [0.717, 1.165) is 35.2 Å². The van der Waals surface area contributed by atoms with E-state index in [0.29, 0.717) is 12.5 Å². The van der Waals surface area contributed by atoms with E-state index >= 15 is 0 Å². The number of amides is 1. The third-order valence-electron chi connectivity index (χ3n) is 5.05. The van der Waals surface area contributed by atoms with Crippen LogP contribution < -0.4 is 10.2 Å². The molecule has 26 heavy (non-hydrogen) atoms. The predicted octanol–water partition coefficient (Wildman–Crippen LogP) is 2.29. The smallest absolute Gasteiger partial charge is 0.249 e. The molecule has 0 spiro atoms. The third kappa shape index (κ3) is 3.80. The van der Waals surface area contributed by atoms with Crippen molar-refractivity contribution in [1.29, 1.82) is 0 Å². The number of hydrogen-bond acceptors (Lipinski definition) is 5. The molecule has 1 saturated heterocycles. The molecule has 3 rings (SSSR count). The molecule has 1 aromatic carbocycles. The lowest BCUT2D eigenvalue weighted by molar-refractivity contribution is -0.132. The fourth-order valence-corrected chi connectivity index (χ4v) is 3.67. The van der Waals surface area contributed by atoms with Crippen molar-refractivity contribution in [2.75, 3.05) is 18.0 Å². The zero-order chi connectivity index (χ0) is 18.8. The van der Waals surface area contributed by atoms with E-state index in [1.165, 1.54) is 0 Å². The predicted molar refractivity (Wildman–Crippen MR) is 103 cm³/mol. The summed E-state index contributed by atoms with van der Waals surface area (Å²) in [6.45, 7) is 9.53. The summed E-state index contributed by atoms with van der Waals surface area (Å²) in [4.78, 5) is 23.6. The molecule has 1 amide bonds. The number of rotatable bonds is 4. The van der Waals surface area contributed by atoms with E-state index in [1.54, 1.807) is 12.4 Å². The van der Waals surface area contributed by atoms with Crippen LogP contribution in [0.4, 0.5) is 5.69 Å². The molecule has 0 aliphatic carbocycles. The van der Waals surface area contributed by atoms with Crippen molar-refractivity contribution < 1.29 is 9.90 Å². The summed E-state index contributed by atoms with van der Waals surface area (Å²) >= 11 is 0. The Kier molecular flexibility index (Phi) is 5.41. The summed E-state index contributed by atoms with van der Waals surface area (Å²) in [5, 5.41) is 13.0. The van der Waals surface area contributed by atoms with Crippen molar-refractivity contribution in [3.05, 3.63) is 30.1 Å². The molecule has 6 heteroatoms. The Labute approximate surface area is 154 Å². The fraction of sp³-hybridized carbons (Fsp3) is 0.550. The van der Waals surface area contributed by atoms with Crippen LogP contribution in [-0.4, -0.2) is 46.2 Å². The molecule has 0 radical (unpaired) electrons. The number of aryl methyl sites for hydroxylation is 1. The van der Waals surface area contributed by atoms with E-state index in [1.807, 2.05) is 20.8 Å². The van der Waals surface area contributed by atoms with Crippen molar-refractivity contribution in [2.45, 2.75) is 46.3 Å². The zero-order valence-electron chi connectivity index (χ0n) is 15.9. The number of anilines is 1. The van der Waals surface area contributed by atoms with Crippen molar-refractivity contribution in [3.63, 3.8) is 0 Å². The number of nitrogens with one attached hydrogen (secondary N) is 1. The average molecular weight is 356 g/mol. The molecule has 1 fully saturated rings. The summed E-state index contributed by atoms with van der Waals surface area (Å²) in [6.07, 6.45) is 3.38. The number of carbonyl (C=O) groups is 1. The Balaban J connectivity index is 1.83. The quantitative estimate of drug-likeness (QED) is 0.879. The van der Waals surface area contributed by atoms with Crippen LogP contribution in [0.1, 0.15) is 32.8 Å². The summed E-state index contributed by atoms with van der Waals surface area (Å²) in [5.74, 6) is 0.0503. The Morgan fingerprint density at radius 1 is 1.23 bits per heavy atom. The van der Waals surface area contributed by atoms with E-state index in [-0.39, 0.29) is 17.9 Å². The molecular formula is C20H28N4O2. The van der Waals surface area contributed by atoms with Gasteiger partial charge in [-0.3, -0.25) is 14.8 Å². The molecule has 1 aromatic heterocycles. The highest BCUT2D eigenvalue weighted by Gasteiger charge is 2.29. The second kappa shape index (κ2) is 7.58. The number of nitrogens with zero attached hydrogens (tertiary/aromatic N) is 3. The van der Waals surface area contributed by atoms with E-state index in [9.17, 15) is 9.90 Å². The van der Waals surface area contributed by atoms with Gasteiger partial charge in [-0.1, -0.05) is 26.8 Å². The minimum Gasteiger partial charge on any atom is -0.383 e. The van der Waals surface area contributed by atoms with E-state index in [2.05, 4.69) is 39.2 Å². The molecule has 0 unspecified atom stereocenters. The summed E-state index contributed by atoms with van der Waals surface area (Å²) < 4.78 is 0. The number of fused-ring (bicyclic) bond motifs is 1. The SMILES string of the molecule is Cc1ccc(N2C[C@@H](C)C[C@@H](NC(=O)[C@@H](O)C(C)C)C2)c2nccnc12. The van der Waals surface area contributed by atoms with Gasteiger partial charge in [0.1, 0.15) is 11.6 Å². The molecule has 2 aromatic rings. The highest BCUT2D eigenvalue weighted by Crippen LogP contribution is 2.30. The van der Waals surface area contributed by atoms with Gasteiger partial charge in [-0.15, -0.1) is 0 Å². The van der Waals surface area contributed by atoms with E-state index in [4.69, 9.17) is 0 Å². The van der Waals surface area contributed by atoms with Crippen molar-refractivity contribution in [2.24, 2.45) is 11.8 Å². The second-order valence-corrected chi connectivity index (χ2v) is 7.80. The first-order valence-electron chi connectivity index (χ1n) is 9.30. The van der Waals surface area contributed by atoms with Gasteiger partial charge >= 0.3 is 0 Å². The van der Waals surface area contributed by atoms with Crippen LogP contribution in [0.2, 0.25) is 0 Å². The van der Waals surface area contributed by atoms with Crippen LogP contribution in [0.15, 0.2) is 24.5 Å². The van der Waals surface area contributed by atoms with Gasteiger partial charge in [0.05, 0.1) is 11.2 Å². The Morgan fingerprint density at radius 2 is 1.92 bits per heavy atom. The summed E-state index contributed by atoms with van der Waals surface area (Å²) in [5.41, 5.74) is 3.97. The lowest BCUT2D eigenvalue weighted by Gasteiger charge is -2.39. The Bertz CT molecular complexity index is 792. The number of hydrogen-bond donors (Lipinski definition) is 2. The van der Waals surface area contributed by atoms with Gasteiger partial charge in [0, 0.05) is 31.5 Å². The molecule has 2 N–H and O–H groups in total. The van der Waals surface area contributed by atoms with Gasteiger partial charge in [-0.25, -0.2) is 0 Å². The Morgan fingerprint density at radius 3 is 2.62 bits per heavy atom. The normalized spacial score (nSPS) is 21.8. The first kappa shape index (κ1) is 18.6. The number of aliphatic hydroxyl groups is 1. The second-order valence-electron chi connectivity index (χ2n) is 7.80. The van der Waals surface area contributed by atoms with E-state index < -0.39 is 6.10 Å². The Hall–Kier alpha value is -2.21. The molecule has 1 aliphatic heterocycles. The monoisotopic (exact) mass is 356 g/mol. The third-order valence-corrected chi connectivity index (χ3v) is 5.05. The van der Waals surface area contributed by atoms with Crippen molar-refractivity contribution in [1.82, 2.24) is 15.3 Å². The minimum absolute atomic E-state index is 0.00711. The summed E-state index contributed by atoms with van der Waals surface area (Å²) in [6, 6.07) is 4.17. The van der Waals surface area contributed by atoms with Gasteiger partial charge in [0.2, 0.25) is 5.91 Å². The van der Waals surface area contributed by atoms with Crippen LogP contribution in [0.25, 0.3) is 11.0 Å². The van der Waals surface area contributed by atoms with Crippen LogP contribution in [0.5, 0.6) is 0 Å². The largest absolute Gasteiger partial charge is 0.383 e. The fourth-order valence-electron chi connectivity index (χ4n) is 3.67. The number of piperidine rings is 1. The van der Waals surface area contributed by atoms with Gasteiger partial charge in [0.25, 0.3) is 0 Å². The van der Waals surface area contributed by atoms with Gasteiger partial charge < -0.3 is 15.3 Å². The van der Waals surface area contributed by atoms with Gasteiger partial charge in [0.15, 0.2) is 0 Å². The zero-order valence-corrected chi connectivity index (χ0v) is 15.9. The van der Waals surface area contributed by atoms with Crippen molar-refractivity contribution >= 4 is 22.6 Å². The van der Waals surface area contributed by atoms with Crippen LogP contribution in [0, 0.1) is 18.8 Å². The number of benzene rings is 1. The lowest BCUT2D eigenvalue weighted by Crippen LogP contribution is -2.53. The van der Waals surface area contributed by atoms with Crippen LogP contribution in [0.3, 0.4) is 0 Å². The molecule has 2 heterocycles. The first-order chi connectivity index (χ1) is 12.4. The summed E-state index contributed by atoms with van der Waals surface area (Å²) in [7, 11) is 0. The van der Waals surface area contributed by atoms with Crippen molar-refractivity contribution in [3.8, 4) is 0 Å². The maximum Gasteiger partial charge on any atom is 0.249 e. The standard InChI is InChI=1S/C20H28N4O2/c1-12(2)19(25)20(26)23-15-9-13(3)10-24(11-15)16-6-5-14(4)17-18(16)22-8-7-21-17/h5-8,12-13,15,19,25H,9-11H2,1-4H3,(H,23,26)/t13-,15+,19-/m0/s1. The number of aromatic nitrogens is 2. The molecule has 0 bridgehead atoms. The molecule has 3 atom stereocenters. The van der Waals surface area contributed by atoms with Crippen LogP contribution >= 0.6 is 0 Å². The highest BCUT2D eigenvalue weighted by molar-refractivity contribution is 5.90. The topological polar surface area (TPSA) is 78.4 Å².